The Labute approximate surface area is 188 Å². The maximum atomic E-state index is 12.5. The number of rotatable bonds is 6. The van der Waals surface area contributed by atoms with Crippen LogP contribution >= 0.6 is 0 Å². The number of benzene rings is 3. The average Bonchev–Trinajstić information content (AvgIpc) is 3.17. The third kappa shape index (κ3) is 4.67. The molecule has 32 heavy (non-hydrogen) atoms. The molecule has 4 rings (SSSR count). The summed E-state index contributed by atoms with van der Waals surface area (Å²) in [5, 5.41) is 2.89. The SMILES string of the molecule is Cc1ccc(C(C)C)c(OCC(=O)Nc2ccc3oc(-c4ccc(C)c(C)c4)nc3c2)c1. The summed E-state index contributed by atoms with van der Waals surface area (Å²) in [5.41, 5.74) is 7.55. The van der Waals surface area contributed by atoms with Crippen LogP contribution in [0.25, 0.3) is 22.6 Å². The van der Waals surface area contributed by atoms with Crippen molar-refractivity contribution in [3.63, 3.8) is 0 Å². The van der Waals surface area contributed by atoms with Crippen LogP contribution in [0.15, 0.2) is 59.0 Å². The lowest BCUT2D eigenvalue weighted by Crippen LogP contribution is -2.20. The highest BCUT2D eigenvalue weighted by atomic mass is 16.5. The number of anilines is 1. The van der Waals surface area contributed by atoms with E-state index in [1.807, 2.05) is 37.3 Å². The van der Waals surface area contributed by atoms with Gasteiger partial charge in [-0.3, -0.25) is 4.79 Å². The first-order valence-corrected chi connectivity index (χ1v) is 10.8. The minimum atomic E-state index is -0.224. The second-order valence-corrected chi connectivity index (χ2v) is 8.53. The van der Waals surface area contributed by atoms with Gasteiger partial charge in [0.05, 0.1) is 0 Å². The number of aromatic nitrogens is 1. The smallest absolute Gasteiger partial charge is 0.262 e. The van der Waals surface area contributed by atoms with Gasteiger partial charge in [0, 0.05) is 11.3 Å². The molecular weight excluding hydrogens is 400 g/mol. The van der Waals surface area contributed by atoms with Crippen LogP contribution in [0, 0.1) is 20.8 Å². The number of aryl methyl sites for hydroxylation is 3. The van der Waals surface area contributed by atoms with Gasteiger partial charge in [-0.2, -0.15) is 0 Å². The molecule has 0 bridgehead atoms. The Morgan fingerprint density at radius 2 is 1.81 bits per heavy atom. The van der Waals surface area contributed by atoms with E-state index in [1.54, 1.807) is 0 Å². The molecule has 0 aliphatic heterocycles. The number of carbonyl (C=O) groups is 1. The first kappa shape index (κ1) is 21.6. The Balaban J connectivity index is 1.47. The number of hydrogen-bond donors (Lipinski definition) is 1. The number of amides is 1. The molecule has 0 aliphatic rings. The van der Waals surface area contributed by atoms with Crippen molar-refractivity contribution < 1.29 is 13.9 Å². The summed E-state index contributed by atoms with van der Waals surface area (Å²) >= 11 is 0. The molecule has 1 aromatic heterocycles. The van der Waals surface area contributed by atoms with E-state index in [4.69, 9.17) is 9.15 Å². The Kier molecular flexibility index (Phi) is 5.99. The van der Waals surface area contributed by atoms with E-state index in [2.05, 4.69) is 62.3 Å². The van der Waals surface area contributed by atoms with E-state index in [1.165, 1.54) is 11.1 Å². The molecule has 0 spiro atoms. The molecule has 5 nitrogen and oxygen atoms in total. The Hall–Kier alpha value is -3.60. The van der Waals surface area contributed by atoms with Crippen molar-refractivity contribution in [1.82, 2.24) is 4.98 Å². The molecular formula is C27H28N2O3. The largest absolute Gasteiger partial charge is 0.483 e. The van der Waals surface area contributed by atoms with Crippen LogP contribution in [0.5, 0.6) is 5.75 Å². The fourth-order valence-corrected chi connectivity index (χ4v) is 3.59. The van der Waals surface area contributed by atoms with Crippen molar-refractivity contribution in [1.29, 1.82) is 0 Å². The Morgan fingerprint density at radius 1 is 1.00 bits per heavy atom. The predicted octanol–water partition coefficient (Wildman–Crippen LogP) is 6.56. The van der Waals surface area contributed by atoms with Gasteiger partial charge >= 0.3 is 0 Å². The number of oxazole rings is 1. The van der Waals surface area contributed by atoms with Gasteiger partial charge in [-0.1, -0.05) is 32.0 Å². The highest BCUT2D eigenvalue weighted by Crippen LogP contribution is 2.29. The van der Waals surface area contributed by atoms with Crippen LogP contribution in [0.2, 0.25) is 0 Å². The Morgan fingerprint density at radius 3 is 2.56 bits per heavy atom. The third-order valence-electron chi connectivity index (χ3n) is 5.58. The lowest BCUT2D eigenvalue weighted by molar-refractivity contribution is -0.118. The van der Waals surface area contributed by atoms with Crippen LogP contribution in [-0.4, -0.2) is 17.5 Å². The lowest BCUT2D eigenvalue weighted by atomic mass is 10.0. The van der Waals surface area contributed by atoms with Crippen LogP contribution in [0.3, 0.4) is 0 Å². The number of nitrogens with zero attached hydrogens (tertiary/aromatic N) is 1. The quantitative estimate of drug-likeness (QED) is 0.378. The average molecular weight is 429 g/mol. The number of carbonyl (C=O) groups excluding carboxylic acids is 1. The molecule has 164 valence electrons. The highest BCUT2D eigenvalue weighted by Gasteiger charge is 2.13. The van der Waals surface area contributed by atoms with E-state index in [0.717, 1.165) is 22.4 Å². The fourth-order valence-electron chi connectivity index (χ4n) is 3.59. The van der Waals surface area contributed by atoms with Gasteiger partial charge in [0.2, 0.25) is 5.89 Å². The van der Waals surface area contributed by atoms with Crippen molar-refractivity contribution in [3.8, 4) is 17.2 Å². The van der Waals surface area contributed by atoms with Crippen molar-refractivity contribution in [3.05, 3.63) is 76.9 Å². The molecule has 0 unspecified atom stereocenters. The van der Waals surface area contributed by atoms with Gasteiger partial charge in [-0.05, 0) is 85.3 Å². The normalized spacial score (nSPS) is 11.2. The van der Waals surface area contributed by atoms with Crippen LogP contribution in [0.1, 0.15) is 42.0 Å². The van der Waals surface area contributed by atoms with Crippen molar-refractivity contribution >= 4 is 22.7 Å². The standard InChI is InChI=1S/C27H28N2O3/c1-16(2)22-10-6-17(3)12-25(22)31-15-26(30)28-21-9-11-24-23(14-21)29-27(32-24)20-8-7-18(4)19(5)13-20/h6-14,16H,15H2,1-5H3,(H,28,30). The number of ether oxygens (including phenoxy) is 1. The molecule has 4 aromatic rings. The summed E-state index contributed by atoms with van der Waals surface area (Å²) in [7, 11) is 0. The summed E-state index contributed by atoms with van der Waals surface area (Å²) in [4.78, 5) is 17.1. The van der Waals surface area contributed by atoms with Crippen LogP contribution in [0.4, 0.5) is 5.69 Å². The molecule has 0 atom stereocenters. The number of fused-ring (bicyclic) bond motifs is 1. The van der Waals surface area contributed by atoms with E-state index >= 15 is 0 Å². The lowest BCUT2D eigenvalue weighted by Gasteiger charge is -2.14. The summed E-state index contributed by atoms with van der Waals surface area (Å²) in [6.07, 6.45) is 0. The van der Waals surface area contributed by atoms with E-state index in [-0.39, 0.29) is 12.5 Å². The minimum absolute atomic E-state index is 0.0616. The molecule has 0 saturated carbocycles. The zero-order valence-electron chi connectivity index (χ0n) is 19.2. The molecule has 1 heterocycles. The first-order valence-electron chi connectivity index (χ1n) is 10.8. The van der Waals surface area contributed by atoms with Gasteiger partial charge in [0.1, 0.15) is 11.3 Å². The summed E-state index contributed by atoms with van der Waals surface area (Å²) in [6.45, 7) is 10.3. The van der Waals surface area contributed by atoms with Gasteiger partial charge in [-0.25, -0.2) is 4.98 Å². The number of nitrogens with one attached hydrogen (secondary N) is 1. The van der Waals surface area contributed by atoms with Gasteiger partial charge < -0.3 is 14.5 Å². The molecule has 0 aliphatic carbocycles. The first-order chi connectivity index (χ1) is 15.3. The predicted molar refractivity (Wildman–Crippen MR) is 128 cm³/mol. The summed E-state index contributed by atoms with van der Waals surface area (Å²) in [5.74, 6) is 1.41. The topological polar surface area (TPSA) is 64.4 Å². The number of hydrogen-bond acceptors (Lipinski definition) is 4. The van der Waals surface area contributed by atoms with Crippen molar-refractivity contribution in [2.75, 3.05) is 11.9 Å². The zero-order chi connectivity index (χ0) is 22.8. The zero-order valence-corrected chi connectivity index (χ0v) is 19.2. The Bertz CT molecular complexity index is 1290. The molecule has 0 saturated heterocycles. The molecule has 1 N–H and O–H groups in total. The van der Waals surface area contributed by atoms with Gasteiger partial charge in [0.15, 0.2) is 12.2 Å². The van der Waals surface area contributed by atoms with Gasteiger partial charge in [-0.15, -0.1) is 0 Å². The summed E-state index contributed by atoms with van der Waals surface area (Å²) in [6, 6.07) is 17.7. The second kappa shape index (κ2) is 8.87. The van der Waals surface area contributed by atoms with E-state index in [0.29, 0.717) is 28.6 Å². The minimum Gasteiger partial charge on any atom is -0.483 e. The molecule has 5 heteroatoms. The monoisotopic (exact) mass is 428 g/mol. The van der Waals surface area contributed by atoms with Crippen LogP contribution < -0.4 is 10.1 Å². The van der Waals surface area contributed by atoms with E-state index < -0.39 is 0 Å². The summed E-state index contributed by atoms with van der Waals surface area (Å²) < 4.78 is 11.7. The molecule has 3 aromatic carbocycles. The van der Waals surface area contributed by atoms with Gasteiger partial charge in [0.25, 0.3) is 5.91 Å². The maximum Gasteiger partial charge on any atom is 0.262 e. The highest BCUT2D eigenvalue weighted by molar-refractivity contribution is 5.94. The van der Waals surface area contributed by atoms with Crippen molar-refractivity contribution in [2.24, 2.45) is 0 Å². The fraction of sp³-hybridized carbons (Fsp3) is 0.259. The molecule has 1 amide bonds. The maximum absolute atomic E-state index is 12.5. The van der Waals surface area contributed by atoms with Crippen molar-refractivity contribution in [2.45, 2.75) is 40.5 Å². The second-order valence-electron chi connectivity index (χ2n) is 8.53. The molecule has 0 fully saturated rings. The third-order valence-corrected chi connectivity index (χ3v) is 5.58. The molecule has 0 radical (unpaired) electrons. The van der Waals surface area contributed by atoms with Crippen LogP contribution in [-0.2, 0) is 4.79 Å². The van der Waals surface area contributed by atoms with E-state index in [9.17, 15) is 4.79 Å².